The van der Waals surface area contributed by atoms with Gasteiger partial charge >= 0.3 is 0 Å². The van der Waals surface area contributed by atoms with Crippen molar-refractivity contribution in [3.05, 3.63) is 59.2 Å². The number of methoxy groups -OCH3 is 1. The predicted octanol–water partition coefficient (Wildman–Crippen LogP) is 2.78. The van der Waals surface area contributed by atoms with Gasteiger partial charge in [0.15, 0.2) is 0 Å². The number of hydrogen-bond donors (Lipinski definition) is 1. The molecule has 0 fully saturated rings. The third kappa shape index (κ3) is 5.99. The molecule has 0 spiro atoms. The summed E-state index contributed by atoms with van der Waals surface area (Å²) in [6, 6.07) is 13.2. The highest BCUT2D eigenvalue weighted by Gasteiger charge is 2.22. The summed E-state index contributed by atoms with van der Waals surface area (Å²) in [7, 11) is -2.07. The van der Waals surface area contributed by atoms with Gasteiger partial charge in [0, 0.05) is 19.5 Å². The first kappa shape index (κ1) is 20.8. The van der Waals surface area contributed by atoms with Gasteiger partial charge in [-0.3, -0.25) is 9.10 Å². The van der Waals surface area contributed by atoms with Gasteiger partial charge in [-0.15, -0.1) is 0 Å². The largest absolute Gasteiger partial charge is 0.495 e. The Kier molecular flexibility index (Phi) is 6.85. The molecule has 1 amide bonds. The third-order valence-electron chi connectivity index (χ3n) is 4.12. The number of rotatable bonds is 8. The number of benzene rings is 2. The molecule has 27 heavy (non-hydrogen) atoms. The fourth-order valence-electron chi connectivity index (χ4n) is 2.77. The number of nitrogens with one attached hydrogen (secondary N) is 1. The van der Waals surface area contributed by atoms with Gasteiger partial charge in [-0.05, 0) is 37.1 Å². The predicted molar refractivity (Wildman–Crippen MR) is 108 cm³/mol. The van der Waals surface area contributed by atoms with Crippen molar-refractivity contribution < 1.29 is 17.9 Å². The SMILES string of the molecule is COc1ccc(C)cc1N(CCC(=O)NCc1cccc(C)c1)S(C)(=O)=O. The van der Waals surface area contributed by atoms with E-state index in [4.69, 9.17) is 4.74 Å². The van der Waals surface area contributed by atoms with Crippen LogP contribution in [0.4, 0.5) is 5.69 Å². The van der Waals surface area contributed by atoms with E-state index in [0.717, 1.165) is 22.9 Å². The van der Waals surface area contributed by atoms with Crippen LogP contribution in [0.15, 0.2) is 42.5 Å². The number of hydrogen-bond acceptors (Lipinski definition) is 4. The van der Waals surface area contributed by atoms with Crippen molar-refractivity contribution in [1.82, 2.24) is 5.32 Å². The molecule has 0 radical (unpaired) electrons. The second-order valence-corrected chi connectivity index (χ2v) is 8.43. The highest BCUT2D eigenvalue weighted by Crippen LogP contribution is 2.31. The smallest absolute Gasteiger partial charge is 0.232 e. The lowest BCUT2D eigenvalue weighted by atomic mass is 10.1. The first-order valence-electron chi connectivity index (χ1n) is 8.65. The van der Waals surface area contributed by atoms with E-state index in [-0.39, 0.29) is 18.9 Å². The van der Waals surface area contributed by atoms with Crippen molar-refractivity contribution in [1.29, 1.82) is 0 Å². The van der Waals surface area contributed by atoms with Crippen molar-refractivity contribution in [3.63, 3.8) is 0 Å². The quantitative estimate of drug-likeness (QED) is 0.752. The Balaban J connectivity index is 2.07. The minimum atomic E-state index is -3.56. The Morgan fingerprint density at radius 2 is 1.81 bits per heavy atom. The molecule has 0 saturated heterocycles. The monoisotopic (exact) mass is 390 g/mol. The Morgan fingerprint density at radius 1 is 1.11 bits per heavy atom. The number of sulfonamides is 1. The molecular formula is C20H26N2O4S. The van der Waals surface area contributed by atoms with E-state index in [2.05, 4.69) is 5.32 Å². The van der Waals surface area contributed by atoms with E-state index in [1.54, 1.807) is 12.1 Å². The van der Waals surface area contributed by atoms with Gasteiger partial charge in [-0.25, -0.2) is 8.42 Å². The molecule has 0 aromatic heterocycles. The van der Waals surface area contributed by atoms with Crippen LogP contribution in [-0.4, -0.2) is 34.2 Å². The molecule has 6 nitrogen and oxygen atoms in total. The van der Waals surface area contributed by atoms with Gasteiger partial charge < -0.3 is 10.1 Å². The molecule has 0 saturated carbocycles. The topological polar surface area (TPSA) is 75.7 Å². The normalized spacial score (nSPS) is 11.1. The maximum Gasteiger partial charge on any atom is 0.232 e. The van der Waals surface area contributed by atoms with Crippen LogP contribution < -0.4 is 14.4 Å². The molecule has 0 atom stereocenters. The summed E-state index contributed by atoms with van der Waals surface area (Å²) in [5.41, 5.74) is 3.47. The molecule has 0 heterocycles. The zero-order chi connectivity index (χ0) is 20.0. The van der Waals surface area contributed by atoms with Gasteiger partial charge in [0.1, 0.15) is 5.75 Å². The fraction of sp³-hybridized carbons (Fsp3) is 0.350. The molecule has 7 heteroatoms. The lowest BCUT2D eigenvalue weighted by Gasteiger charge is -2.24. The second kappa shape index (κ2) is 8.90. The summed E-state index contributed by atoms with van der Waals surface area (Å²) in [4.78, 5) is 12.2. The van der Waals surface area contributed by atoms with Crippen LogP contribution in [0.5, 0.6) is 5.75 Å². The summed E-state index contributed by atoms with van der Waals surface area (Å²) in [6.07, 6.45) is 1.18. The maximum atomic E-state index is 12.3. The van der Waals surface area contributed by atoms with E-state index >= 15 is 0 Å². The van der Waals surface area contributed by atoms with Crippen molar-refractivity contribution in [2.45, 2.75) is 26.8 Å². The summed E-state index contributed by atoms with van der Waals surface area (Å²) in [6.45, 7) is 4.31. The summed E-state index contributed by atoms with van der Waals surface area (Å²) < 4.78 is 31.1. The number of amides is 1. The van der Waals surface area contributed by atoms with Crippen LogP contribution in [0, 0.1) is 13.8 Å². The average molecular weight is 391 g/mol. The first-order chi connectivity index (χ1) is 12.7. The lowest BCUT2D eigenvalue weighted by molar-refractivity contribution is -0.121. The number of aryl methyl sites for hydroxylation is 2. The van der Waals surface area contributed by atoms with Crippen molar-refractivity contribution >= 4 is 21.6 Å². The molecule has 1 N–H and O–H groups in total. The molecule has 0 aliphatic heterocycles. The summed E-state index contributed by atoms with van der Waals surface area (Å²) in [5.74, 6) is 0.239. The van der Waals surface area contributed by atoms with Gasteiger partial charge in [-0.1, -0.05) is 35.9 Å². The van der Waals surface area contributed by atoms with Crippen molar-refractivity contribution in [2.75, 3.05) is 24.2 Å². The number of carbonyl (C=O) groups is 1. The number of nitrogens with zero attached hydrogens (tertiary/aromatic N) is 1. The molecule has 146 valence electrons. The summed E-state index contributed by atoms with van der Waals surface area (Å²) >= 11 is 0. The van der Waals surface area contributed by atoms with E-state index in [1.165, 1.54) is 11.4 Å². The second-order valence-electron chi connectivity index (χ2n) is 6.53. The number of carbonyl (C=O) groups excluding carboxylic acids is 1. The average Bonchev–Trinajstić information content (AvgIpc) is 2.59. The Labute approximate surface area is 161 Å². The Bertz CT molecular complexity index is 910. The highest BCUT2D eigenvalue weighted by atomic mass is 32.2. The van der Waals surface area contributed by atoms with Crippen molar-refractivity contribution in [2.24, 2.45) is 0 Å². The minimum absolute atomic E-state index is 0.0400. The molecule has 0 unspecified atom stereocenters. The zero-order valence-corrected chi connectivity index (χ0v) is 17.0. The van der Waals surface area contributed by atoms with Crippen LogP contribution >= 0.6 is 0 Å². The first-order valence-corrected chi connectivity index (χ1v) is 10.5. The van der Waals surface area contributed by atoms with Crippen LogP contribution in [0.1, 0.15) is 23.1 Å². The lowest BCUT2D eigenvalue weighted by Crippen LogP contribution is -2.34. The van der Waals surface area contributed by atoms with Crippen LogP contribution in [0.2, 0.25) is 0 Å². The van der Waals surface area contributed by atoms with Gasteiger partial charge in [-0.2, -0.15) is 0 Å². The zero-order valence-electron chi connectivity index (χ0n) is 16.2. The van der Waals surface area contributed by atoms with E-state index < -0.39 is 10.0 Å². The molecule has 0 aliphatic carbocycles. The van der Waals surface area contributed by atoms with E-state index in [0.29, 0.717) is 18.0 Å². The number of ether oxygens (including phenoxy) is 1. The molecule has 0 aliphatic rings. The van der Waals surface area contributed by atoms with Crippen LogP contribution in [0.25, 0.3) is 0 Å². The maximum absolute atomic E-state index is 12.3. The van der Waals surface area contributed by atoms with Crippen molar-refractivity contribution in [3.8, 4) is 5.75 Å². The third-order valence-corrected chi connectivity index (χ3v) is 5.30. The Morgan fingerprint density at radius 3 is 2.44 bits per heavy atom. The van der Waals surface area contributed by atoms with Crippen LogP contribution in [-0.2, 0) is 21.4 Å². The van der Waals surface area contributed by atoms with E-state index in [9.17, 15) is 13.2 Å². The number of anilines is 1. The minimum Gasteiger partial charge on any atom is -0.495 e. The molecule has 0 bridgehead atoms. The summed E-state index contributed by atoms with van der Waals surface area (Å²) in [5, 5.41) is 2.83. The molecule has 2 aromatic rings. The van der Waals surface area contributed by atoms with Crippen LogP contribution in [0.3, 0.4) is 0 Å². The highest BCUT2D eigenvalue weighted by molar-refractivity contribution is 7.92. The molecule has 2 rings (SSSR count). The standard InChI is InChI=1S/C20H26N2O4S/c1-15-6-5-7-17(12-15)14-21-20(23)10-11-22(27(4,24)25)18-13-16(2)8-9-19(18)26-3/h5-9,12-13H,10-11,14H2,1-4H3,(H,21,23). The van der Waals surface area contributed by atoms with Gasteiger partial charge in [0.2, 0.25) is 15.9 Å². The fourth-order valence-corrected chi connectivity index (χ4v) is 3.70. The van der Waals surface area contributed by atoms with Gasteiger partial charge in [0.05, 0.1) is 19.1 Å². The Hall–Kier alpha value is -2.54. The van der Waals surface area contributed by atoms with E-state index in [1.807, 2.05) is 44.2 Å². The van der Waals surface area contributed by atoms with Gasteiger partial charge in [0.25, 0.3) is 0 Å². The molecule has 2 aromatic carbocycles. The molecular weight excluding hydrogens is 364 g/mol.